The summed E-state index contributed by atoms with van der Waals surface area (Å²) in [6.45, 7) is 16.5. The molecule has 9 amide bonds. The van der Waals surface area contributed by atoms with E-state index in [4.69, 9.17) is 45.9 Å². The summed E-state index contributed by atoms with van der Waals surface area (Å²) in [4.78, 5) is 220. The molecule has 0 aliphatic carbocycles. The molecule has 0 aliphatic rings. The molecule has 0 unspecified atom stereocenters. The molecule has 29 N–H and O–H groups in total. The van der Waals surface area contributed by atoms with Crippen LogP contribution in [0, 0.1) is 41.4 Å². The Kier molecular flexibility index (Phi) is 66.3. The number of aromatic nitrogens is 2. The largest absolute Gasteiger partial charge is 0.508 e. The Hall–Kier alpha value is -10.4. The van der Waals surface area contributed by atoms with Gasteiger partial charge in [0.2, 0.25) is 53.2 Å². The first kappa shape index (κ1) is 124. The number of guanidine groups is 2. The standard InChI is InChI=1S/C68H111N17O17.C29H59N3O2/c1-8-9-15-48(80-62(98)44(35-86)30-55(90)49(16-12-23-76-67(71)72)79-61(97)43(25-37(2)3)27-39(6)87)57(92)32-47(40(7)88)63(99)82-51(33-58(93)94)56(91)29-42(14-10-11-22-69)60(96)84-54(28-41-18-20-46(89)21-19-41)66(102)81-50(17-13-24-77-68(73)74)64(100)85-53(26-38(4)5)65(101)83-52(59(70)95)31-45-34-75-36-78-45;1-3-4-5-6-7-8-9-10-11-12-13-14-15-22-28(33)25-27(21-17-19-24-31)29(34)32-26(2)20-16-18-23-30/h18-21,34,36-38,40,42-44,47-54,86,88-89H,8-17,22-33,35,69H2,1-7H3,(H2,70,95)(H,75,78)(H,79,97)(H,80,98)(H,81,102)(H,82,99)(H,83,101)(H,84,96)(H,85,100)(H,93,94)(H4,71,72,76)(H4,73,74,77);26-27H,3-25,30-31H2,1-2H3,(H,32,34)/t40-,42-,43-,44+,47+,48+,49+,50+,51+,52+,53+,54+;26-,27-/m11/s1. The van der Waals surface area contributed by atoms with Gasteiger partial charge in [0.1, 0.15) is 41.5 Å². The summed E-state index contributed by atoms with van der Waals surface area (Å²) >= 11 is 0. The number of carbonyl (C=O) groups excluding carboxylic acids is 14. The second-order valence-electron chi connectivity index (χ2n) is 37.1. The third-order valence-corrected chi connectivity index (χ3v) is 23.6. The molecule has 39 heteroatoms. The van der Waals surface area contributed by atoms with Crippen LogP contribution in [-0.4, -0.2) is 224 Å². The maximum absolute atomic E-state index is 14.7. The lowest BCUT2D eigenvalue weighted by Gasteiger charge is -2.28. The summed E-state index contributed by atoms with van der Waals surface area (Å²) < 4.78 is 0. The number of aromatic amines is 1. The maximum Gasteiger partial charge on any atom is 0.305 e. The van der Waals surface area contributed by atoms with Crippen LogP contribution in [0.15, 0.2) is 46.8 Å². The van der Waals surface area contributed by atoms with Crippen LogP contribution in [0.2, 0.25) is 0 Å². The Bertz CT molecular complexity index is 3920. The van der Waals surface area contributed by atoms with Crippen LogP contribution in [0.1, 0.15) is 318 Å². The highest BCUT2D eigenvalue weighted by molar-refractivity contribution is 6.00. The number of Topliss-reactive ketones (excluding diaryl/α,β-unsaturated/α-hetero) is 5. The molecule has 136 heavy (non-hydrogen) atoms. The van der Waals surface area contributed by atoms with Gasteiger partial charge in [-0.2, -0.15) is 0 Å². The summed E-state index contributed by atoms with van der Waals surface area (Å²) in [7, 11) is 0. The smallest absolute Gasteiger partial charge is 0.305 e. The summed E-state index contributed by atoms with van der Waals surface area (Å²) in [5.41, 5.74) is 45.6. The van der Waals surface area contributed by atoms with Gasteiger partial charge < -0.3 is 119 Å². The first-order valence-corrected chi connectivity index (χ1v) is 49.4. The van der Waals surface area contributed by atoms with Crippen molar-refractivity contribution in [2.24, 2.45) is 97.3 Å². The molecule has 2 aromatic rings. The highest BCUT2D eigenvalue weighted by Gasteiger charge is 2.39. The number of aliphatic hydroxyl groups is 2. The molecule has 1 aromatic heterocycles. The minimum absolute atomic E-state index is 0.00516. The SMILES string of the molecule is CCCCCCCCCCCCCCCC(=O)C[C@@H](CCCCN)C(=O)N[C@H](C)CCCCN.CCCC[C@H](NC(=O)[C@H](CO)CC(=O)[C@H](CCCN=C(N)N)NC(=O)[C@@H](CC(C)=O)CC(C)C)C(=O)C[C@H](C(=O)N[C@@H](CC(=O)O)C(=O)C[C@@H](CCCCN)C(=O)N[C@@H](Cc1ccc(O)cc1)C(=O)N[C@@H](CCCN=C(N)N)C(=O)N[C@@H](CC(C)C)C(=O)N[C@@H](Cc1cnc[nH]1)C(N)=O)[C@@H](C)O. The minimum Gasteiger partial charge on any atom is -0.508 e. The molecule has 0 fully saturated rings. The van der Waals surface area contributed by atoms with Crippen molar-refractivity contribution in [3.05, 3.63) is 48.0 Å². The molecule has 0 radical (unpaired) electrons. The first-order chi connectivity index (χ1) is 64.6. The van der Waals surface area contributed by atoms with Crippen LogP contribution in [0.25, 0.3) is 0 Å². The van der Waals surface area contributed by atoms with Crippen LogP contribution < -0.4 is 88.4 Å². The fraction of sp³-hybridized carbons (Fsp3) is 0.732. The minimum atomic E-state index is -1.89. The fourth-order valence-electron chi connectivity index (χ4n) is 15.8. The van der Waals surface area contributed by atoms with E-state index in [1.54, 1.807) is 20.8 Å². The van der Waals surface area contributed by atoms with E-state index in [9.17, 15) is 92.3 Å². The number of phenolic OH excluding ortho intramolecular Hbond substituents is 1. The third-order valence-electron chi connectivity index (χ3n) is 23.6. The number of benzene rings is 1. The molecule has 0 spiro atoms. The number of aliphatic imine (C=N–C) groups is 2. The molecule has 772 valence electrons. The van der Waals surface area contributed by atoms with Crippen molar-refractivity contribution in [2.75, 3.05) is 39.3 Å². The molecule has 1 aromatic carbocycles. The topological polar surface area (TPSA) is 695 Å². The van der Waals surface area contributed by atoms with E-state index in [-0.39, 0.29) is 149 Å². The zero-order chi connectivity index (χ0) is 102. The predicted molar refractivity (Wildman–Crippen MR) is 524 cm³/mol. The van der Waals surface area contributed by atoms with E-state index in [0.717, 1.165) is 58.3 Å². The third kappa shape index (κ3) is 57.0. The number of imidazole rings is 1. The number of H-pyrrole nitrogens is 1. The lowest BCUT2D eigenvalue weighted by Crippen LogP contribution is -2.59. The van der Waals surface area contributed by atoms with E-state index >= 15 is 0 Å². The second kappa shape index (κ2) is 72.9. The summed E-state index contributed by atoms with van der Waals surface area (Å²) in [6, 6.07) is -4.30. The number of rotatable bonds is 79. The maximum atomic E-state index is 14.7. The van der Waals surface area contributed by atoms with Gasteiger partial charge in [-0.05, 0) is 160 Å². The van der Waals surface area contributed by atoms with E-state index in [0.29, 0.717) is 62.9 Å². The summed E-state index contributed by atoms with van der Waals surface area (Å²) in [5, 5.41) is 63.2. The van der Waals surface area contributed by atoms with Gasteiger partial charge in [-0.15, -0.1) is 0 Å². The molecule has 39 nitrogen and oxygen atoms in total. The summed E-state index contributed by atoms with van der Waals surface area (Å²) in [6.07, 6.45) is 22.8. The Morgan fingerprint density at radius 3 is 1.32 bits per heavy atom. The number of phenols is 1. The Labute approximate surface area is 805 Å². The van der Waals surface area contributed by atoms with Gasteiger partial charge >= 0.3 is 5.97 Å². The van der Waals surface area contributed by atoms with E-state index in [2.05, 4.69) is 69.4 Å². The monoisotopic (exact) mass is 1920 g/mol. The van der Waals surface area contributed by atoms with Crippen LogP contribution in [0.5, 0.6) is 5.75 Å². The van der Waals surface area contributed by atoms with Crippen molar-refractivity contribution in [3.8, 4) is 5.75 Å². The average Bonchev–Trinajstić information content (AvgIpc) is 0.955. The van der Waals surface area contributed by atoms with Crippen molar-refractivity contribution in [1.29, 1.82) is 0 Å². The van der Waals surface area contributed by atoms with Crippen molar-refractivity contribution < 1.29 is 92.3 Å². The highest BCUT2D eigenvalue weighted by atomic mass is 16.4. The van der Waals surface area contributed by atoms with E-state index in [1.807, 2.05) is 20.8 Å². The number of primary amides is 1. The lowest BCUT2D eigenvalue weighted by molar-refractivity contribution is -0.142. The van der Waals surface area contributed by atoms with Crippen molar-refractivity contribution >= 4 is 100.0 Å². The number of aliphatic hydroxyl groups excluding tert-OH is 2. The zero-order valence-electron chi connectivity index (χ0n) is 82.6. The van der Waals surface area contributed by atoms with Crippen LogP contribution in [0.3, 0.4) is 0 Å². The molecule has 0 bridgehead atoms. The number of nitrogens with zero attached hydrogens (tertiary/aromatic N) is 3. The van der Waals surface area contributed by atoms with Crippen molar-refractivity contribution in [2.45, 2.75) is 374 Å². The number of aromatic hydroxyl groups is 1. The normalized spacial score (nSPS) is 14.4. The predicted octanol–water partition coefficient (Wildman–Crippen LogP) is 5.27. The van der Waals surface area contributed by atoms with Gasteiger partial charge in [-0.1, -0.05) is 163 Å². The van der Waals surface area contributed by atoms with Gasteiger partial charge in [0.15, 0.2) is 29.3 Å². The number of nitrogens with one attached hydrogen (secondary N) is 9. The van der Waals surface area contributed by atoms with Gasteiger partial charge in [0.05, 0.1) is 55.4 Å². The molecule has 1 heterocycles. The molecule has 0 aliphatic heterocycles. The van der Waals surface area contributed by atoms with Crippen LogP contribution in [0.4, 0.5) is 0 Å². The Morgan fingerprint density at radius 1 is 0.412 bits per heavy atom. The number of unbranched alkanes of at least 4 members (excludes halogenated alkanes) is 16. The first-order valence-electron chi connectivity index (χ1n) is 49.4. The van der Waals surface area contributed by atoms with E-state index < -0.39 is 175 Å². The van der Waals surface area contributed by atoms with E-state index in [1.165, 1.54) is 114 Å². The molecule has 0 saturated carbocycles. The van der Waals surface area contributed by atoms with Gasteiger partial charge in [-0.25, -0.2) is 4.98 Å². The fourth-order valence-corrected chi connectivity index (χ4v) is 15.8. The van der Waals surface area contributed by atoms with Crippen molar-refractivity contribution in [1.82, 2.24) is 52.5 Å². The zero-order valence-corrected chi connectivity index (χ0v) is 82.6. The lowest BCUT2D eigenvalue weighted by atomic mass is 9.89. The number of nitrogens with two attached hydrogens (primary N) is 8. The molecule has 2 rings (SSSR count). The van der Waals surface area contributed by atoms with Crippen LogP contribution in [-0.2, 0) is 84.8 Å². The number of carboxylic acids is 1. The summed E-state index contributed by atoms with van der Waals surface area (Å²) in [5.74, 6) is -17.4. The average molecular weight is 1920 g/mol. The van der Waals surface area contributed by atoms with Crippen LogP contribution >= 0.6 is 0 Å². The Balaban J connectivity index is 0.00000228. The number of amides is 9. The number of ketones is 5. The van der Waals surface area contributed by atoms with Gasteiger partial charge in [0, 0.05) is 100 Å². The highest BCUT2D eigenvalue weighted by Crippen LogP contribution is 2.25. The quantitative estimate of drug-likeness (QED) is 0.0228. The van der Waals surface area contributed by atoms with Crippen molar-refractivity contribution in [3.63, 3.8) is 0 Å². The van der Waals surface area contributed by atoms with Gasteiger partial charge in [-0.3, -0.25) is 77.1 Å². The molecular formula is C97H170N20O19. The number of hydrogen-bond acceptors (Lipinski definition) is 24. The van der Waals surface area contributed by atoms with Gasteiger partial charge in [0.25, 0.3) is 0 Å². The number of hydrogen-bond donors (Lipinski definition) is 21. The number of carbonyl (C=O) groups is 15. The molecule has 14 atom stereocenters. The number of carboxylic acid groups (broad SMARTS) is 1. The molecular weight excluding hydrogens is 1750 g/mol. The molecule has 0 saturated heterocycles. The second-order valence-corrected chi connectivity index (χ2v) is 37.1. The Morgan fingerprint density at radius 2 is 0.838 bits per heavy atom. The number of aliphatic carboxylic acids is 1.